The second-order valence-corrected chi connectivity index (χ2v) is 9.39. The van der Waals surface area contributed by atoms with Crippen molar-refractivity contribution in [2.75, 3.05) is 0 Å². The molecular formula is C14H5Cl5F4N2OS. The van der Waals surface area contributed by atoms with E-state index in [1.807, 2.05) is 0 Å². The van der Waals surface area contributed by atoms with Gasteiger partial charge in [-0.1, -0.05) is 58.0 Å². The van der Waals surface area contributed by atoms with Crippen molar-refractivity contribution in [2.24, 2.45) is 0 Å². The maximum absolute atomic E-state index is 13.7. The average Bonchev–Trinajstić information content (AvgIpc) is 2.75. The molecule has 1 atom stereocenters. The van der Waals surface area contributed by atoms with E-state index in [1.165, 1.54) is 6.92 Å². The van der Waals surface area contributed by atoms with Crippen LogP contribution < -0.4 is 0 Å². The lowest BCUT2D eigenvalue weighted by Gasteiger charge is -2.16. The SMILES string of the molecule is Cc1c(S(=O)C(F)(Cl)Cl)c(C#N)c(Cl)n1-c1c(Cl)cc(C(F)(F)F)cc1Cl. The zero-order chi connectivity index (χ0) is 20.9. The molecule has 1 unspecified atom stereocenters. The molecule has 0 amide bonds. The number of aromatic nitrogens is 1. The molecule has 0 aliphatic heterocycles. The minimum absolute atomic E-state index is 0.0956. The molecular weight excluding hydrogens is 497 g/mol. The van der Waals surface area contributed by atoms with Crippen molar-refractivity contribution in [3.05, 3.63) is 44.2 Å². The van der Waals surface area contributed by atoms with Crippen molar-refractivity contribution in [1.29, 1.82) is 5.26 Å². The summed E-state index contributed by atoms with van der Waals surface area (Å²) < 4.78 is 62.4. The molecule has 2 rings (SSSR count). The van der Waals surface area contributed by atoms with Gasteiger partial charge in [0.2, 0.25) is 0 Å². The van der Waals surface area contributed by atoms with E-state index in [2.05, 4.69) is 0 Å². The molecule has 13 heteroatoms. The van der Waals surface area contributed by atoms with E-state index in [0.717, 1.165) is 4.57 Å². The van der Waals surface area contributed by atoms with Crippen LogP contribution in [0.1, 0.15) is 16.8 Å². The summed E-state index contributed by atoms with van der Waals surface area (Å²) in [6.45, 7) is 1.27. The van der Waals surface area contributed by atoms with Gasteiger partial charge in [-0.05, 0) is 19.1 Å². The number of alkyl halides is 6. The normalized spacial score (nSPS) is 13.5. The third-order valence-electron chi connectivity index (χ3n) is 3.37. The Labute approximate surface area is 177 Å². The lowest BCUT2D eigenvalue weighted by molar-refractivity contribution is -0.137. The van der Waals surface area contributed by atoms with Crippen LogP contribution in [0.4, 0.5) is 17.6 Å². The molecule has 0 aliphatic rings. The Morgan fingerprint density at radius 2 is 1.59 bits per heavy atom. The Hall–Kier alpha value is -0.690. The topological polar surface area (TPSA) is 45.8 Å². The summed E-state index contributed by atoms with van der Waals surface area (Å²) in [5.74, 6) is 0. The number of rotatable bonds is 3. The summed E-state index contributed by atoms with van der Waals surface area (Å²) in [6, 6.07) is 2.83. The van der Waals surface area contributed by atoms with Crippen LogP contribution in [0.25, 0.3) is 5.69 Å². The molecule has 0 N–H and O–H groups in total. The Balaban J connectivity index is 2.85. The second-order valence-electron chi connectivity index (χ2n) is 5.03. The van der Waals surface area contributed by atoms with Crippen LogP contribution in [0.2, 0.25) is 15.2 Å². The van der Waals surface area contributed by atoms with Gasteiger partial charge in [0.1, 0.15) is 27.6 Å². The molecule has 27 heavy (non-hydrogen) atoms. The summed E-state index contributed by atoms with van der Waals surface area (Å²) in [4.78, 5) is -0.443. The Morgan fingerprint density at radius 1 is 1.11 bits per heavy atom. The van der Waals surface area contributed by atoms with E-state index < -0.39 is 52.1 Å². The molecule has 0 bridgehead atoms. The highest BCUT2D eigenvalue weighted by Crippen LogP contribution is 2.43. The summed E-state index contributed by atoms with van der Waals surface area (Å²) in [5, 5.41) is 7.96. The van der Waals surface area contributed by atoms with Crippen LogP contribution in [0.5, 0.6) is 0 Å². The third kappa shape index (κ3) is 4.19. The fraction of sp³-hybridized carbons (Fsp3) is 0.214. The van der Waals surface area contributed by atoms with Gasteiger partial charge in [0.25, 0.3) is 0 Å². The van der Waals surface area contributed by atoms with Crippen molar-refractivity contribution in [1.82, 2.24) is 4.57 Å². The Bertz CT molecular complexity index is 968. The van der Waals surface area contributed by atoms with Gasteiger partial charge < -0.3 is 0 Å². The molecule has 2 aromatic rings. The molecule has 1 aromatic heterocycles. The monoisotopic (exact) mass is 500 g/mol. The van der Waals surface area contributed by atoms with E-state index in [-0.39, 0.29) is 11.4 Å². The zero-order valence-electron chi connectivity index (χ0n) is 12.8. The lowest BCUT2D eigenvalue weighted by atomic mass is 10.2. The highest BCUT2D eigenvalue weighted by atomic mass is 35.5. The van der Waals surface area contributed by atoms with Gasteiger partial charge in [0.05, 0.1) is 26.2 Å². The first-order valence-electron chi connectivity index (χ1n) is 6.57. The molecule has 1 heterocycles. The van der Waals surface area contributed by atoms with Gasteiger partial charge in [0.15, 0.2) is 0 Å². The quantitative estimate of drug-likeness (QED) is 0.342. The van der Waals surface area contributed by atoms with Gasteiger partial charge >= 0.3 is 10.1 Å². The molecule has 0 radical (unpaired) electrons. The van der Waals surface area contributed by atoms with Crippen molar-refractivity contribution < 1.29 is 21.8 Å². The lowest BCUT2D eigenvalue weighted by Crippen LogP contribution is -2.15. The van der Waals surface area contributed by atoms with Gasteiger partial charge in [-0.3, -0.25) is 4.57 Å². The first-order valence-corrected chi connectivity index (χ1v) is 9.61. The number of halogens is 9. The van der Waals surface area contributed by atoms with E-state index in [0.29, 0.717) is 12.1 Å². The first kappa shape index (κ1) is 22.6. The van der Waals surface area contributed by atoms with Crippen LogP contribution in [-0.4, -0.2) is 12.7 Å². The number of hydrogen-bond acceptors (Lipinski definition) is 2. The van der Waals surface area contributed by atoms with E-state index >= 15 is 0 Å². The third-order valence-corrected chi connectivity index (χ3v) is 6.43. The molecule has 0 aliphatic carbocycles. The largest absolute Gasteiger partial charge is 0.416 e. The Kier molecular flexibility index (Phi) is 6.38. The van der Waals surface area contributed by atoms with E-state index in [1.54, 1.807) is 6.07 Å². The highest BCUT2D eigenvalue weighted by Gasteiger charge is 2.39. The molecule has 0 saturated heterocycles. The van der Waals surface area contributed by atoms with E-state index in [4.69, 9.17) is 58.0 Å². The summed E-state index contributed by atoms with van der Waals surface area (Å²) in [7, 11) is -2.75. The first-order chi connectivity index (χ1) is 12.2. The fourth-order valence-corrected chi connectivity index (χ4v) is 4.73. The van der Waals surface area contributed by atoms with Crippen molar-refractivity contribution in [3.63, 3.8) is 0 Å². The average molecular weight is 503 g/mol. The highest BCUT2D eigenvalue weighted by molar-refractivity contribution is 7.89. The van der Waals surface area contributed by atoms with Crippen molar-refractivity contribution >= 4 is 68.8 Å². The van der Waals surface area contributed by atoms with Crippen LogP contribution in [0.3, 0.4) is 0 Å². The van der Waals surface area contributed by atoms with Gasteiger partial charge in [-0.25, -0.2) is 4.21 Å². The van der Waals surface area contributed by atoms with Gasteiger partial charge in [-0.15, -0.1) is 0 Å². The molecule has 0 spiro atoms. The van der Waals surface area contributed by atoms with Crippen molar-refractivity contribution in [3.8, 4) is 11.8 Å². The number of benzene rings is 1. The molecule has 1 aromatic carbocycles. The maximum Gasteiger partial charge on any atom is 0.416 e. The number of nitrogens with zero attached hydrogens (tertiary/aromatic N) is 2. The predicted molar refractivity (Wildman–Crippen MR) is 97.2 cm³/mol. The van der Waals surface area contributed by atoms with Gasteiger partial charge in [0, 0.05) is 5.69 Å². The van der Waals surface area contributed by atoms with Crippen molar-refractivity contribution in [2.45, 2.75) is 21.9 Å². The van der Waals surface area contributed by atoms with Crippen LogP contribution >= 0.6 is 58.0 Å². The summed E-state index contributed by atoms with van der Waals surface area (Å²) >= 11 is 28.4. The molecule has 0 fully saturated rings. The number of nitriles is 1. The standard InChI is InChI=1S/C14H5Cl5F4N2OS/c1-5-11(27(26)14(18,19)23)7(4-24)12(17)25(5)10-8(15)2-6(3-9(10)16)13(20,21)22/h2-3H,1H3. The van der Waals surface area contributed by atoms with Crippen LogP contribution in [0, 0.1) is 18.3 Å². The summed E-state index contributed by atoms with van der Waals surface area (Å²) in [5.41, 5.74) is -1.87. The molecule has 0 saturated carbocycles. The smallest absolute Gasteiger partial charge is 0.299 e. The fourth-order valence-electron chi connectivity index (χ4n) is 2.28. The van der Waals surface area contributed by atoms with Gasteiger partial charge in [-0.2, -0.15) is 22.8 Å². The number of hydrogen-bond donors (Lipinski definition) is 0. The predicted octanol–water partition coefficient (Wildman–Crippen LogP) is 6.80. The zero-order valence-corrected chi connectivity index (χ0v) is 17.4. The molecule has 3 nitrogen and oxygen atoms in total. The minimum atomic E-state index is -4.71. The van der Waals surface area contributed by atoms with E-state index in [9.17, 15) is 27.0 Å². The minimum Gasteiger partial charge on any atom is -0.299 e. The van der Waals surface area contributed by atoms with Crippen LogP contribution in [0.15, 0.2) is 17.0 Å². The van der Waals surface area contributed by atoms with Crippen LogP contribution in [-0.2, 0) is 17.0 Å². The summed E-state index contributed by atoms with van der Waals surface area (Å²) in [6.07, 6.45) is -4.71. The Morgan fingerprint density at radius 3 is 1.96 bits per heavy atom. The molecule has 146 valence electrons. The maximum atomic E-state index is 13.7. The second kappa shape index (κ2) is 7.62.